The lowest BCUT2D eigenvalue weighted by Crippen LogP contribution is -2.41. The molecule has 3 amide bonds. The molecule has 0 unspecified atom stereocenters. The summed E-state index contributed by atoms with van der Waals surface area (Å²) in [6.07, 6.45) is 4.72. The lowest BCUT2D eigenvalue weighted by molar-refractivity contribution is -0.128. The van der Waals surface area contributed by atoms with Gasteiger partial charge in [0.25, 0.3) is 11.8 Å². The molecule has 1 atom stereocenters. The summed E-state index contributed by atoms with van der Waals surface area (Å²) in [5, 5.41) is 0. The van der Waals surface area contributed by atoms with E-state index in [2.05, 4.69) is 17.8 Å². The predicted octanol–water partition coefficient (Wildman–Crippen LogP) is 3.07. The lowest BCUT2D eigenvalue weighted by Gasteiger charge is -2.16. The molecule has 0 spiro atoms. The Labute approximate surface area is 174 Å². The molecule has 2 N–H and O–H groups in total. The van der Waals surface area contributed by atoms with Crippen LogP contribution in [0.2, 0.25) is 0 Å². The average Bonchev–Trinajstić information content (AvgIpc) is 3.32. The highest BCUT2D eigenvalue weighted by atomic mass is 32.1. The van der Waals surface area contributed by atoms with Crippen LogP contribution in [0.15, 0.2) is 30.3 Å². The van der Waals surface area contributed by atoms with Gasteiger partial charge >= 0.3 is 0 Å². The van der Waals surface area contributed by atoms with Crippen LogP contribution in [-0.2, 0) is 24.2 Å². The van der Waals surface area contributed by atoms with Crippen molar-refractivity contribution in [3.05, 3.63) is 56.8 Å². The zero-order valence-corrected chi connectivity index (χ0v) is 17.3. The van der Waals surface area contributed by atoms with Crippen molar-refractivity contribution in [3.8, 4) is 0 Å². The molecular formula is C22H25N3O3S. The number of likely N-dealkylation sites (tertiary alicyclic amines) is 1. The van der Waals surface area contributed by atoms with Gasteiger partial charge in [-0.05, 0) is 60.9 Å². The van der Waals surface area contributed by atoms with E-state index < -0.39 is 0 Å². The van der Waals surface area contributed by atoms with Gasteiger partial charge in [-0.3, -0.25) is 25.2 Å². The highest BCUT2D eigenvalue weighted by Crippen LogP contribution is 2.32. The molecule has 6 nitrogen and oxygen atoms in total. The third kappa shape index (κ3) is 4.50. The van der Waals surface area contributed by atoms with Gasteiger partial charge in [0.1, 0.15) is 0 Å². The molecule has 1 aliphatic heterocycles. The minimum atomic E-state index is -0.364. The van der Waals surface area contributed by atoms with E-state index in [1.165, 1.54) is 21.8 Å². The average molecular weight is 412 g/mol. The van der Waals surface area contributed by atoms with Crippen molar-refractivity contribution in [1.82, 2.24) is 15.8 Å². The summed E-state index contributed by atoms with van der Waals surface area (Å²) in [6.45, 7) is 3.59. The van der Waals surface area contributed by atoms with Crippen molar-refractivity contribution in [3.63, 3.8) is 0 Å². The summed E-state index contributed by atoms with van der Waals surface area (Å²) in [5.74, 6) is 0.185. The quantitative estimate of drug-likeness (QED) is 0.759. The Morgan fingerprint density at radius 2 is 1.90 bits per heavy atom. The van der Waals surface area contributed by atoms with E-state index in [0.717, 1.165) is 37.8 Å². The van der Waals surface area contributed by atoms with E-state index in [9.17, 15) is 14.4 Å². The molecule has 1 aromatic carbocycles. The van der Waals surface area contributed by atoms with Crippen LogP contribution in [0.3, 0.4) is 0 Å². The molecule has 1 saturated heterocycles. The minimum Gasteiger partial charge on any atom is -0.338 e. The standard InChI is InChI=1S/C22H25N3O3S/c1-14-4-9-18-17(11-14)12-19(29-18)22(28)24-23-21(27)16-7-5-15(6-8-16)13-25-10-2-3-20(25)26/h5-8,12,14H,2-4,9-11,13H2,1H3,(H,23,27)(H,24,28)/t14-/m0/s1. The Bertz CT molecular complexity index is 935. The molecule has 152 valence electrons. The number of nitrogens with one attached hydrogen (secondary N) is 2. The van der Waals surface area contributed by atoms with Crippen molar-refractivity contribution in [2.75, 3.05) is 6.54 Å². The summed E-state index contributed by atoms with van der Waals surface area (Å²) in [6, 6.07) is 9.06. The van der Waals surface area contributed by atoms with Crippen LogP contribution < -0.4 is 10.9 Å². The summed E-state index contributed by atoms with van der Waals surface area (Å²) >= 11 is 1.51. The summed E-state index contributed by atoms with van der Waals surface area (Å²) in [4.78, 5) is 40.2. The molecule has 2 aromatic rings. The van der Waals surface area contributed by atoms with Gasteiger partial charge in [-0.15, -0.1) is 11.3 Å². The fraction of sp³-hybridized carbons (Fsp3) is 0.409. The van der Waals surface area contributed by atoms with Crippen LogP contribution in [0.4, 0.5) is 0 Å². The SMILES string of the molecule is C[C@H]1CCc2sc(C(=O)NNC(=O)c3ccc(CN4CCCC4=O)cc3)cc2C1. The molecule has 7 heteroatoms. The summed E-state index contributed by atoms with van der Waals surface area (Å²) in [5.41, 5.74) is 7.71. The molecule has 0 radical (unpaired) electrons. The number of rotatable bonds is 4. The van der Waals surface area contributed by atoms with Gasteiger partial charge in [0, 0.05) is 30.0 Å². The molecule has 1 fully saturated rings. The first-order valence-electron chi connectivity index (χ1n) is 10.1. The number of carbonyl (C=O) groups excluding carboxylic acids is 3. The van der Waals surface area contributed by atoms with Crippen LogP contribution in [-0.4, -0.2) is 29.2 Å². The van der Waals surface area contributed by atoms with Gasteiger partial charge in [0.05, 0.1) is 4.88 Å². The van der Waals surface area contributed by atoms with E-state index in [1.807, 2.05) is 23.1 Å². The maximum absolute atomic E-state index is 12.4. The van der Waals surface area contributed by atoms with Crippen molar-refractivity contribution in [2.45, 2.75) is 45.6 Å². The van der Waals surface area contributed by atoms with E-state index in [4.69, 9.17) is 0 Å². The third-order valence-electron chi connectivity index (χ3n) is 5.60. The zero-order valence-electron chi connectivity index (χ0n) is 16.5. The largest absolute Gasteiger partial charge is 0.338 e. The molecule has 4 rings (SSSR count). The lowest BCUT2D eigenvalue weighted by atomic mass is 9.90. The number of benzene rings is 1. The zero-order chi connectivity index (χ0) is 20.4. The number of aryl methyl sites for hydroxylation is 1. The summed E-state index contributed by atoms with van der Waals surface area (Å²) in [7, 11) is 0. The van der Waals surface area contributed by atoms with Gasteiger partial charge in [0.15, 0.2) is 0 Å². The molecule has 1 aliphatic carbocycles. The topological polar surface area (TPSA) is 78.5 Å². The monoisotopic (exact) mass is 411 g/mol. The van der Waals surface area contributed by atoms with Gasteiger partial charge in [0.2, 0.25) is 5.91 Å². The van der Waals surface area contributed by atoms with Crippen LogP contribution in [0, 0.1) is 5.92 Å². The maximum Gasteiger partial charge on any atom is 0.279 e. The first-order chi connectivity index (χ1) is 14.0. The first-order valence-corrected chi connectivity index (χ1v) is 10.9. The normalized spacial score (nSPS) is 18.4. The van der Waals surface area contributed by atoms with Gasteiger partial charge in [-0.25, -0.2) is 0 Å². The highest BCUT2D eigenvalue weighted by molar-refractivity contribution is 7.14. The minimum absolute atomic E-state index is 0.180. The molecule has 0 saturated carbocycles. The van der Waals surface area contributed by atoms with Gasteiger partial charge in [-0.1, -0.05) is 19.1 Å². The second-order valence-electron chi connectivity index (χ2n) is 7.93. The van der Waals surface area contributed by atoms with Gasteiger partial charge < -0.3 is 4.90 Å². The van der Waals surface area contributed by atoms with Crippen LogP contribution >= 0.6 is 11.3 Å². The Hall–Kier alpha value is -2.67. The third-order valence-corrected chi connectivity index (χ3v) is 6.84. The van der Waals surface area contributed by atoms with Crippen LogP contribution in [0.25, 0.3) is 0 Å². The van der Waals surface area contributed by atoms with Crippen LogP contribution in [0.1, 0.15) is 62.2 Å². The number of fused-ring (bicyclic) bond motifs is 1. The number of hydrazine groups is 1. The Balaban J connectivity index is 1.31. The van der Waals surface area contributed by atoms with E-state index in [1.54, 1.807) is 12.1 Å². The second-order valence-corrected chi connectivity index (χ2v) is 9.07. The number of carbonyl (C=O) groups is 3. The molecule has 1 aromatic heterocycles. The number of hydrogen-bond donors (Lipinski definition) is 2. The fourth-order valence-electron chi connectivity index (χ4n) is 3.92. The number of amides is 3. The number of nitrogens with zero attached hydrogens (tertiary/aromatic N) is 1. The Morgan fingerprint density at radius 3 is 2.62 bits per heavy atom. The molecule has 0 bridgehead atoms. The summed E-state index contributed by atoms with van der Waals surface area (Å²) < 4.78 is 0. The van der Waals surface area contributed by atoms with Crippen molar-refractivity contribution in [1.29, 1.82) is 0 Å². The predicted molar refractivity (Wildman–Crippen MR) is 112 cm³/mol. The van der Waals surface area contributed by atoms with Crippen LogP contribution in [0.5, 0.6) is 0 Å². The molecule has 2 aliphatic rings. The fourth-order valence-corrected chi connectivity index (χ4v) is 5.02. The maximum atomic E-state index is 12.4. The smallest absolute Gasteiger partial charge is 0.279 e. The Morgan fingerprint density at radius 1 is 1.14 bits per heavy atom. The number of hydrogen-bond acceptors (Lipinski definition) is 4. The van der Waals surface area contributed by atoms with Crippen molar-refractivity contribution < 1.29 is 14.4 Å². The first kappa shape index (κ1) is 19.6. The van der Waals surface area contributed by atoms with E-state index in [-0.39, 0.29) is 17.7 Å². The molecule has 29 heavy (non-hydrogen) atoms. The number of thiophene rings is 1. The molecular weight excluding hydrogens is 386 g/mol. The van der Waals surface area contributed by atoms with Gasteiger partial charge in [-0.2, -0.15) is 0 Å². The van der Waals surface area contributed by atoms with Crippen molar-refractivity contribution >= 4 is 29.1 Å². The second kappa shape index (κ2) is 8.37. The van der Waals surface area contributed by atoms with Crippen molar-refractivity contribution in [2.24, 2.45) is 5.92 Å². The van der Waals surface area contributed by atoms with E-state index in [0.29, 0.717) is 29.3 Å². The molecule has 2 heterocycles. The Kier molecular flexibility index (Phi) is 5.67. The van der Waals surface area contributed by atoms with E-state index >= 15 is 0 Å². The highest BCUT2D eigenvalue weighted by Gasteiger charge is 2.22.